The van der Waals surface area contributed by atoms with Gasteiger partial charge in [0, 0.05) is 23.4 Å². The summed E-state index contributed by atoms with van der Waals surface area (Å²) in [6.07, 6.45) is 0. The van der Waals surface area contributed by atoms with Crippen LogP contribution in [0.1, 0.15) is 28.3 Å². The zero-order chi connectivity index (χ0) is 23.0. The minimum Gasteiger partial charge on any atom is -0.487 e. The average Bonchev–Trinajstić information content (AvgIpc) is 3.12. The molecule has 1 atom stereocenters. The van der Waals surface area contributed by atoms with Crippen LogP contribution in [0.4, 0.5) is 5.69 Å². The van der Waals surface area contributed by atoms with Crippen molar-refractivity contribution < 1.29 is 14.4 Å². The Balaban J connectivity index is 1.65. The van der Waals surface area contributed by atoms with E-state index in [0.717, 1.165) is 22.4 Å². The van der Waals surface area contributed by atoms with E-state index >= 15 is 0 Å². The number of aromatic amines is 1. The Morgan fingerprint density at radius 3 is 2.56 bits per heavy atom. The molecule has 0 radical (unpaired) electrons. The second-order valence-corrected chi connectivity index (χ2v) is 8.73. The highest BCUT2D eigenvalue weighted by Gasteiger charge is 2.34. The van der Waals surface area contributed by atoms with Gasteiger partial charge >= 0.3 is 0 Å². The number of aryl methyl sites for hydroxylation is 1. The van der Waals surface area contributed by atoms with E-state index in [1.54, 1.807) is 12.1 Å². The maximum absolute atomic E-state index is 10.8. The zero-order valence-electron chi connectivity index (χ0n) is 16.6. The van der Waals surface area contributed by atoms with Crippen LogP contribution in [-0.2, 0) is 6.61 Å². The zero-order valence-corrected chi connectivity index (χ0v) is 19.7. The molecule has 11 heteroatoms. The van der Waals surface area contributed by atoms with E-state index < -0.39 is 10.8 Å². The summed E-state index contributed by atoms with van der Waals surface area (Å²) in [5.74, 6) is 0.453. The predicted molar refractivity (Wildman–Crippen MR) is 122 cm³/mol. The molecule has 0 fully saturated rings. The summed E-state index contributed by atoms with van der Waals surface area (Å²) in [5.41, 5.74) is 9.38. The molecule has 0 bridgehead atoms. The van der Waals surface area contributed by atoms with Gasteiger partial charge in [0.1, 0.15) is 24.0 Å². The van der Waals surface area contributed by atoms with Crippen molar-refractivity contribution in [2.45, 2.75) is 19.4 Å². The number of nitro groups is 1. The van der Waals surface area contributed by atoms with E-state index in [4.69, 9.17) is 15.2 Å². The van der Waals surface area contributed by atoms with Gasteiger partial charge in [-0.1, -0.05) is 0 Å². The Labute approximate surface area is 199 Å². The lowest BCUT2D eigenvalue weighted by Gasteiger charge is -2.24. The van der Waals surface area contributed by atoms with E-state index in [2.05, 4.69) is 48.1 Å². The molecule has 32 heavy (non-hydrogen) atoms. The summed E-state index contributed by atoms with van der Waals surface area (Å²) in [5, 5.41) is 27.5. The molecule has 162 valence electrons. The summed E-state index contributed by atoms with van der Waals surface area (Å²) >= 11 is 7.09. The first kappa shape index (κ1) is 21.9. The number of rotatable bonds is 5. The largest absolute Gasteiger partial charge is 0.487 e. The highest BCUT2D eigenvalue weighted by molar-refractivity contribution is 9.11. The van der Waals surface area contributed by atoms with Gasteiger partial charge in [-0.05, 0) is 74.2 Å². The third-order valence-electron chi connectivity index (χ3n) is 5.01. The first-order valence-electron chi connectivity index (χ1n) is 9.27. The Bertz CT molecular complexity index is 1270. The van der Waals surface area contributed by atoms with Gasteiger partial charge in [-0.25, -0.2) is 0 Å². The fourth-order valence-corrected chi connectivity index (χ4v) is 4.94. The van der Waals surface area contributed by atoms with Crippen LogP contribution < -0.4 is 15.2 Å². The van der Waals surface area contributed by atoms with Gasteiger partial charge in [-0.3, -0.25) is 15.2 Å². The maximum atomic E-state index is 10.8. The molecule has 0 amide bonds. The van der Waals surface area contributed by atoms with Crippen LogP contribution in [0, 0.1) is 28.4 Å². The Morgan fingerprint density at radius 1 is 1.31 bits per heavy atom. The average molecular weight is 561 g/mol. The van der Waals surface area contributed by atoms with Crippen molar-refractivity contribution in [3.63, 3.8) is 0 Å². The molecular weight excluding hydrogens is 546 g/mol. The van der Waals surface area contributed by atoms with E-state index in [9.17, 15) is 15.4 Å². The molecule has 3 N–H and O–H groups in total. The number of nitro benzene ring substituents is 1. The topological polar surface area (TPSA) is 140 Å². The summed E-state index contributed by atoms with van der Waals surface area (Å²) in [4.78, 5) is 10.4. The summed E-state index contributed by atoms with van der Waals surface area (Å²) in [6, 6.07) is 12.0. The normalized spacial score (nSPS) is 15.0. The molecule has 0 saturated carbocycles. The van der Waals surface area contributed by atoms with Crippen LogP contribution in [0.25, 0.3) is 0 Å². The number of nitrogens with two attached hydrogens (primary N) is 1. The fraction of sp³-hybridized carbons (Fsp3) is 0.143. The second-order valence-electron chi connectivity index (χ2n) is 7.02. The van der Waals surface area contributed by atoms with Gasteiger partial charge in [0.15, 0.2) is 0 Å². The first-order valence-corrected chi connectivity index (χ1v) is 10.9. The summed E-state index contributed by atoms with van der Waals surface area (Å²) in [6.45, 7) is 2.07. The van der Waals surface area contributed by atoms with Crippen LogP contribution in [0.15, 0.2) is 56.8 Å². The number of benzene rings is 2. The van der Waals surface area contributed by atoms with Crippen LogP contribution in [0.5, 0.6) is 11.6 Å². The molecule has 1 aliphatic rings. The van der Waals surface area contributed by atoms with Crippen LogP contribution in [-0.4, -0.2) is 15.1 Å². The highest BCUT2D eigenvalue weighted by atomic mass is 79.9. The van der Waals surface area contributed by atoms with Crippen molar-refractivity contribution in [1.29, 1.82) is 5.26 Å². The number of allylic oxidation sites excluding steroid dienone is 1. The van der Waals surface area contributed by atoms with Gasteiger partial charge in [0.25, 0.3) is 5.69 Å². The third-order valence-corrected chi connectivity index (χ3v) is 6.19. The van der Waals surface area contributed by atoms with Gasteiger partial charge in [0.2, 0.25) is 11.8 Å². The standard InChI is InChI=1S/C21H15Br2N5O4/c1-10-17-18(14(8-24)20(25)32-21(17)27-26-10)12-6-15(22)19(16(23)7-12)31-9-11-2-4-13(5-3-11)28(29)30/h2-7,18H,9,25H2,1H3,(H,26,27)/t18-/m1/s1. The summed E-state index contributed by atoms with van der Waals surface area (Å²) in [7, 11) is 0. The smallest absolute Gasteiger partial charge is 0.269 e. The Kier molecular flexibility index (Phi) is 5.90. The number of halogens is 2. The minimum atomic E-state index is -0.459. The van der Waals surface area contributed by atoms with E-state index in [1.807, 2.05) is 19.1 Å². The molecule has 0 unspecified atom stereocenters. The number of nitrogens with one attached hydrogen (secondary N) is 1. The number of nitrogens with zero attached hydrogens (tertiary/aromatic N) is 3. The molecule has 1 aliphatic heterocycles. The van der Waals surface area contributed by atoms with Crippen molar-refractivity contribution >= 4 is 37.5 Å². The molecule has 0 aliphatic carbocycles. The quantitative estimate of drug-likeness (QED) is 0.332. The van der Waals surface area contributed by atoms with Crippen molar-refractivity contribution in [3.8, 4) is 17.7 Å². The first-order chi connectivity index (χ1) is 15.3. The SMILES string of the molecule is Cc1[nH]nc2c1[C@H](c1cc(Br)c(OCc3ccc([N+](=O)[O-])cc3)c(Br)c1)C(C#N)=C(N)O2. The number of ether oxygens (including phenoxy) is 2. The molecule has 9 nitrogen and oxygen atoms in total. The second kappa shape index (κ2) is 8.64. The molecule has 3 aromatic rings. The number of aromatic nitrogens is 2. The molecule has 0 saturated heterocycles. The minimum absolute atomic E-state index is 0.0160. The Hall–Kier alpha value is -3.36. The predicted octanol–water partition coefficient (Wildman–Crippen LogP) is 4.95. The van der Waals surface area contributed by atoms with E-state index in [-0.39, 0.29) is 18.2 Å². The van der Waals surface area contributed by atoms with Crippen molar-refractivity contribution in [1.82, 2.24) is 10.2 Å². The molecule has 1 aromatic heterocycles. The van der Waals surface area contributed by atoms with Crippen molar-refractivity contribution in [3.05, 3.63) is 89.3 Å². The number of nitriles is 1. The monoisotopic (exact) mass is 559 g/mol. The van der Waals surface area contributed by atoms with Crippen molar-refractivity contribution in [2.24, 2.45) is 5.73 Å². The van der Waals surface area contributed by atoms with Crippen LogP contribution in [0.3, 0.4) is 0 Å². The van der Waals surface area contributed by atoms with Crippen LogP contribution in [0.2, 0.25) is 0 Å². The van der Waals surface area contributed by atoms with Gasteiger partial charge in [-0.2, -0.15) is 5.26 Å². The Morgan fingerprint density at radius 2 is 1.97 bits per heavy atom. The lowest BCUT2D eigenvalue weighted by molar-refractivity contribution is -0.384. The van der Waals surface area contributed by atoms with Gasteiger partial charge in [0.05, 0.1) is 19.8 Å². The van der Waals surface area contributed by atoms with Crippen molar-refractivity contribution in [2.75, 3.05) is 0 Å². The fourth-order valence-electron chi connectivity index (χ4n) is 3.49. The van der Waals surface area contributed by atoms with E-state index in [1.165, 1.54) is 12.1 Å². The van der Waals surface area contributed by atoms with Crippen LogP contribution >= 0.6 is 31.9 Å². The molecular formula is C21H15Br2N5O4. The number of hydrogen-bond donors (Lipinski definition) is 2. The lowest BCUT2D eigenvalue weighted by atomic mass is 9.84. The number of H-pyrrole nitrogens is 1. The lowest BCUT2D eigenvalue weighted by Crippen LogP contribution is -2.21. The number of hydrogen-bond acceptors (Lipinski definition) is 7. The van der Waals surface area contributed by atoms with E-state index in [0.29, 0.717) is 26.1 Å². The van der Waals surface area contributed by atoms with Gasteiger partial charge in [-0.15, -0.1) is 5.10 Å². The number of fused-ring (bicyclic) bond motifs is 1. The maximum Gasteiger partial charge on any atom is 0.269 e. The van der Waals surface area contributed by atoms with Gasteiger partial charge < -0.3 is 15.2 Å². The molecule has 4 rings (SSSR count). The highest BCUT2D eigenvalue weighted by Crippen LogP contribution is 2.46. The molecule has 2 aromatic carbocycles. The third kappa shape index (κ3) is 3.94. The molecule has 2 heterocycles. The molecule has 0 spiro atoms. The number of non-ortho nitro benzene ring substituents is 1. The summed E-state index contributed by atoms with van der Waals surface area (Å²) < 4.78 is 12.8.